The largest absolute Gasteiger partial charge is 0.284 e. The van der Waals surface area contributed by atoms with E-state index in [1.807, 2.05) is 6.92 Å². The van der Waals surface area contributed by atoms with Crippen LogP contribution in [0.1, 0.15) is 6.92 Å². The van der Waals surface area contributed by atoms with Crippen LogP contribution in [0, 0.1) is 16.0 Å². The molecule has 0 saturated heterocycles. The molecule has 1 unspecified atom stereocenters. The predicted octanol–water partition coefficient (Wildman–Crippen LogP) is 2.97. The Morgan fingerprint density at radius 3 is 2.58 bits per heavy atom. The van der Waals surface area contributed by atoms with E-state index in [1.54, 1.807) is 0 Å². The molecule has 0 bridgehead atoms. The summed E-state index contributed by atoms with van der Waals surface area (Å²) < 4.78 is 22.8. The van der Waals surface area contributed by atoms with Crippen molar-refractivity contribution < 1.29 is 13.3 Å². The van der Waals surface area contributed by atoms with Crippen LogP contribution in [-0.2, 0) is 9.84 Å². The number of sulfone groups is 1. The molecule has 0 amide bonds. The van der Waals surface area contributed by atoms with Gasteiger partial charge in [0.15, 0.2) is 9.84 Å². The number of rotatable bonds is 6. The first-order valence-electron chi connectivity index (χ1n) is 5.43. The molecule has 1 rings (SSSR count). The Labute approximate surface area is 121 Å². The first-order chi connectivity index (χ1) is 8.75. The van der Waals surface area contributed by atoms with Crippen LogP contribution in [0.2, 0.25) is 0 Å². The van der Waals surface area contributed by atoms with Crippen molar-refractivity contribution in [1.29, 1.82) is 0 Å². The molecule has 0 radical (unpaired) electrons. The summed E-state index contributed by atoms with van der Waals surface area (Å²) in [4.78, 5) is 10.8. The van der Waals surface area contributed by atoms with Crippen molar-refractivity contribution in [3.8, 4) is 0 Å². The lowest BCUT2D eigenvalue weighted by atomic mass is 10.3. The van der Waals surface area contributed by atoms with Gasteiger partial charge in [-0.2, -0.15) is 0 Å². The van der Waals surface area contributed by atoms with Gasteiger partial charge < -0.3 is 0 Å². The van der Waals surface area contributed by atoms with Crippen LogP contribution < -0.4 is 0 Å². The number of hydrogen-bond donors (Lipinski definition) is 0. The van der Waals surface area contributed by atoms with Gasteiger partial charge in [-0.1, -0.05) is 6.92 Å². The molecule has 1 atom stereocenters. The lowest BCUT2D eigenvalue weighted by molar-refractivity contribution is -0.388. The van der Waals surface area contributed by atoms with E-state index in [0.717, 1.165) is 12.3 Å². The van der Waals surface area contributed by atoms with Crippen molar-refractivity contribution in [1.82, 2.24) is 0 Å². The van der Waals surface area contributed by atoms with Crippen molar-refractivity contribution in [2.45, 2.75) is 16.7 Å². The second kappa shape index (κ2) is 6.58. The first-order valence-corrected chi connectivity index (χ1v) is 8.84. The fourth-order valence-electron chi connectivity index (χ4n) is 1.27. The zero-order valence-corrected chi connectivity index (χ0v) is 12.9. The van der Waals surface area contributed by atoms with E-state index in [-0.39, 0.29) is 16.5 Å². The van der Waals surface area contributed by atoms with Gasteiger partial charge >= 0.3 is 0 Å². The Morgan fingerprint density at radius 1 is 1.47 bits per heavy atom. The number of hydrogen-bond acceptors (Lipinski definition) is 5. The summed E-state index contributed by atoms with van der Waals surface area (Å²) in [7, 11) is -3.45. The highest BCUT2D eigenvalue weighted by atomic mass is 35.5. The van der Waals surface area contributed by atoms with Gasteiger partial charge in [0.1, 0.15) is 0 Å². The van der Waals surface area contributed by atoms with E-state index in [0.29, 0.717) is 16.5 Å². The molecule has 5 nitrogen and oxygen atoms in total. The zero-order valence-electron chi connectivity index (χ0n) is 10.5. The smallest absolute Gasteiger partial charge is 0.258 e. The number of nitro benzene ring substituents is 1. The minimum atomic E-state index is -3.45. The monoisotopic (exact) mass is 323 g/mol. The Morgan fingerprint density at radius 2 is 2.11 bits per heavy atom. The van der Waals surface area contributed by atoms with Gasteiger partial charge in [0.25, 0.3) is 5.69 Å². The Hall–Kier alpha value is -0.790. The molecule has 0 aromatic heterocycles. The van der Waals surface area contributed by atoms with E-state index in [1.165, 1.54) is 23.9 Å². The lowest BCUT2D eigenvalue weighted by Crippen LogP contribution is -2.02. The van der Waals surface area contributed by atoms with Gasteiger partial charge in [-0.25, -0.2) is 8.42 Å². The second-order valence-corrected chi connectivity index (χ2v) is 7.62. The topological polar surface area (TPSA) is 77.3 Å². The summed E-state index contributed by atoms with van der Waals surface area (Å²) in [5.41, 5.74) is -0.185. The van der Waals surface area contributed by atoms with Crippen molar-refractivity contribution in [3.05, 3.63) is 28.3 Å². The molecule has 0 spiro atoms. The molecular formula is C11H14ClNO4S2. The molecule has 0 aliphatic rings. The third-order valence-corrected chi connectivity index (χ3v) is 5.37. The highest BCUT2D eigenvalue weighted by molar-refractivity contribution is 7.99. The molecule has 106 valence electrons. The summed E-state index contributed by atoms with van der Waals surface area (Å²) in [6.07, 6.45) is 1.02. The molecule has 8 heteroatoms. The number of alkyl halides is 1. The summed E-state index contributed by atoms with van der Waals surface area (Å²) >= 11 is 6.99. The minimum absolute atomic E-state index is 0.0473. The Bertz CT molecular complexity index is 574. The van der Waals surface area contributed by atoms with Crippen LogP contribution in [-0.4, -0.2) is 31.2 Å². The van der Waals surface area contributed by atoms with Gasteiger partial charge in [-0.05, 0) is 18.1 Å². The van der Waals surface area contributed by atoms with Crippen LogP contribution in [0.5, 0.6) is 0 Å². The third-order valence-electron chi connectivity index (χ3n) is 2.34. The first kappa shape index (κ1) is 16.3. The molecule has 19 heavy (non-hydrogen) atoms. The summed E-state index contributed by atoms with van der Waals surface area (Å²) in [5.74, 6) is 1.34. The number of benzene rings is 1. The van der Waals surface area contributed by atoms with Crippen LogP contribution in [0.4, 0.5) is 5.69 Å². The maximum absolute atomic E-state index is 11.4. The van der Waals surface area contributed by atoms with Crippen molar-refractivity contribution >= 4 is 38.9 Å². The molecule has 1 aromatic carbocycles. The van der Waals surface area contributed by atoms with Crippen LogP contribution in [0.3, 0.4) is 0 Å². The second-order valence-electron chi connectivity index (χ2n) is 4.23. The number of nitro groups is 1. The highest BCUT2D eigenvalue weighted by Crippen LogP contribution is 2.32. The summed E-state index contributed by atoms with van der Waals surface area (Å²) in [6, 6.07) is 3.96. The van der Waals surface area contributed by atoms with E-state index in [9.17, 15) is 18.5 Å². The molecule has 0 heterocycles. The maximum Gasteiger partial charge on any atom is 0.284 e. The normalized spacial score (nSPS) is 13.2. The third kappa shape index (κ3) is 4.67. The summed E-state index contributed by atoms with van der Waals surface area (Å²) in [6.45, 7) is 1.94. The molecule has 0 aliphatic carbocycles. The van der Waals surface area contributed by atoms with Gasteiger partial charge in [-0.15, -0.1) is 23.4 Å². The minimum Gasteiger partial charge on any atom is -0.258 e. The van der Waals surface area contributed by atoms with E-state index >= 15 is 0 Å². The molecule has 0 saturated carbocycles. The molecule has 0 fully saturated rings. The molecule has 0 aliphatic heterocycles. The maximum atomic E-state index is 11.4. The van der Waals surface area contributed by atoms with Crippen LogP contribution in [0.25, 0.3) is 0 Å². The van der Waals surface area contributed by atoms with Crippen LogP contribution in [0.15, 0.2) is 28.0 Å². The quantitative estimate of drug-likeness (QED) is 0.348. The van der Waals surface area contributed by atoms with Gasteiger partial charge in [0.05, 0.1) is 14.7 Å². The summed E-state index contributed by atoms with van der Waals surface area (Å²) in [5, 5.41) is 11.0. The average molecular weight is 324 g/mol. The Balaban J connectivity index is 3.09. The van der Waals surface area contributed by atoms with Crippen molar-refractivity contribution in [3.63, 3.8) is 0 Å². The zero-order chi connectivity index (χ0) is 14.6. The van der Waals surface area contributed by atoms with Crippen molar-refractivity contribution in [2.24, 2.45) is 5.92 Å². The van der Waals surface area contributed by atoms with Crippen LogP contribution >= 0.6 is 23.4 Å². The van der Waals surface area contributed by atoms with Gasteiger partial charge in [0.2, 0.25) is 0 Å². The number of halogens is 1. The fourth-order valence-corrected chi connectivity index (χ4v) is 3.18. The average Bonchev–Trinajstić information content (AvgIpc) is 2.34. The molecular weight excluding hydrogens is 310 g/mol. The van der Waals surface area contributed by atoms with Gasteiger partial charge in [0, 0.05) is 24.0 Å². The van der Waals surface area contributed by atoms with E-state index in [2.05, 4.69) is 0 Å². The SMILES string of the molecule is CC(CCl)CSc1ccc(S(C)(=O)=O)cc1[N+](=O)[O-]. The lowest BCUT2D eigenvalue weighted by Gasteiger charge is -2.08. The Kier molecular flexibility index (Phi) is 5.64. The van der Waals surface area contributed by atoms with E-state index < -0.39 is 14.8 Å². The van der Waals surface area contributed by atoms with E-state index in [4.69, 9.17) is 11.6 Å². The predicted molar refractivity (Wildman–Crippen MR) is 76.8 cm³/mol. The van der Waals surface area contributed by atoms with Gasteiger partial charge in [-0.3, -0.25) is 10.1 Å². The van der Waals surface area contributed by atoms with Crippen molar-refractivity contribution in [2.75, 3.05) is 17.9 Å². The number of nitrogens with zero attached hydrogens (tertiary/aromatic N) is 1. The number of thioether (sulfide) groups is 1. The molecule has 1 aromatic rings. The fraction of sp³-hybridized carbons (Fsp3) is 0.455. The highest BCUT2D eigenvalue weighted by Gasteiger charge is 2.19. The molecule has 0 N–H and O–H groups in total. The standard InChI is InChI=1S/C11H14ClNO4S2/c1-8(6-12)7-18-11-4-3-9(19(2,16)17)5-10(11)13(14)15/h3-5,8H,6-7H2,1-2H3.